The summed E-state index contributed by atoms with van der Waals surface area (Å²) in [5, 5.41) is 15.0. The van der Waals surface area contributed by atoms with Crippen LogP contribution in [-0.4, -0.2) is 38.5 Å². The first-order valence-electron chi connectivity index (χ1n) is 7.35. The quantitative estimate of drug-likeness (QED) is 0.722. The molecule has 0 saturated carbocycles. The second-order valence-electron chi connectivity index (χ2n) is 6.18. The lowest BCUT2D eigenvalue weighted by molar-refractivity contribution is -0.139. The van der Waals surface area contributed by atoms with Gasteiger partial charge in [-0.25, -0.2) is 14.4 Å². The Hall–Kier alpha value is -2.32. The number of ether oxygens (including phenoxy) is 1. The van der Waals surface area contributed by atoms with Gasteiger partial charge >= 0.3 is 17.8 Å². The zero-order valence-corrected chi connectivity index (χ0v) is 13.8. The molecular weight excluding hydrogens is 306 g/mol. The lowest BCUT2D eigenvalue weighted by Crippen LogP contribution is -2.43. The van der Waals surface area contributed by atoms with E-state index in [2.05, 4.69) is 15.0 Å². The summed E-state index contributed by atoms with van der Waals surface area (Å²) in [7, 11) is 0. The van der Waals surface area contributed by atoms with Gasteiger partial charge in [0.2, 0.25) is 0 Å². The minimum Gasteiger partial charge on any atom is -0.480 e. The third-order valence-corrected chi connectivity index (χ3v) is 2.98. The number of carbonyl (C=O) groups is 2. The molecule has 1 heterocycles. The maximum absolute atomic E-state index is 11.6. The first kappa shape index (κ1) is 18.7. The van der Waals surface area contributed by atoms with Crippen LogP contribution in [0.2, 0.25) is 0 Å². The Labute approximate surface area is 133 Å². The van der Waals surface area contributed by atoms with Gasteiger partial charge in [0, 0.05) is 6.54 Å². The molecule has 9 nitrogen and oxygen atoms in total. The Kier molecular flexibility index (Phi) is 6.35. The molecule has 1 amide bonds. The number of alkyl carbamates (subject to hydrolysis) is 1. The summed E-state index contributed by atoms with van der Waals surface area (Å²) >= 11 is 0. The number of rotatable bonds is 7. The molecule has 0 aliphatic carbocycles. The van der Waals surface area contributed by atoms with Gasteiger partial charge in [-0.2, -0.15) is 0 Å². The van der Waals surface area contributed by atoms with E-state index >= 15 is 0 Å². The molecule has 0 fully saturated rings. The highest BCUT2D eigenvalue weighted by Gasteiger charge is 2.23. The predicted molar refractivity (Wildman–Crippen MR) is 80.1 cm³/mol. The highest BCUT2D eigenvalue weighted by Crippen LogP contribution is 2.09. The van der Waals surface area contributed by atoms with Crippen molar-refractivity contribution in [3.63, 3.8) is 0 Å². The van der Waals surface area contributed by atoms with E-state index in [1.807, 2.05) is 0 Å². The van der Waals surface area contributed by atoms with Crippen LogP contribution < -0.4 is 11.1 Å². The van der Waals surface area contributed by atoms with Gasteiger partial charge in [-0.05, 0) is 47.0 Å². The number of hydrogen-bond acceptors (Lipinski definition) is 6. The summed E-state index contributed by atoms with van der Waals surface area (Å²) in [4.78, 5) is 34.1. The van der Waals surface area contributed by atoms with Crippen LogP contribution in [0.5, 0.6) is 0 Å². The van der Waals surface area contributed by atoms with E-state index in [1.165, 1.54) is 4.57 Å². The number of nitrogens with zero attached hydrogens (tertiary/aromatic N) is 2. The lowest BCUT2D eigenvalue weighted by atomic mass is 10.1. The number of aryl methyl sites for hydroxylation is 1. The van der Waals surface area contributed by atoms with E-state index in [9.17, 15) is 14.4 Å². The standard InChI is InChI=1S/C14H23N3O6/c1-9-16-23-13(21)17(9)8-6-5-7-10(11(18)19)15-12(20)22-14(2,3)4/h10H,5-8H2,1-4H3,(H,15,20)(H,18,19)/t10-/m0/s1. The molecule has 0 bridgehead atoms. The SMILES string of the molecule is Cc1noc(=O)n1CCCC[C@H](NC(=O)OC(C)(C)C)C(=O)O. The first-order valence-corrected chi connectivity index (χ1v) is 7.35. The molecule has 2 N–H and O–H groups in total. The van der Waals surface area contributed by atoms with E-state index in [1.54, 1.807) is 27.7 Å². The van der Waals surface area contributed by atoms with Gasteiger partial charge in [-0.1, -0.05) is 5.16 Å². The van der Waals surface area contributed by atoms with Gasteiger partial charge in [0.05, 0.1) is 0 Å². The first-order chi connectivity index (χ1) is 10.6. The number of carbonyl (C=O) groups excluding carboxylic acids is 1. The van der Waals surface area contributed by atoms with Crippen molar-refractivity contribution >= 4 is 12.1 Å². The maximum Gasteiger partial charge on any atom is 0.441 e. The minimum atomic E-state index is -1.13. The van der Waals surface area contributed by atoms with Crippen LogP contribution in [0, 0.1) is 6.92 Å². The molecule has 9 heteroatoms. The number of aliphatic carboxylic acids is 1. The van der Waals surface area contributed by atoms with Crippen molar-refractivity contribution in [3.8, 4) is 0 Å². The second-order valence-corrected chi connectivity index (χ2v) is 6.18. The molecule has 1 rings (SSSR count). The van der Waals surface area contributed by atoms with Gasteiger partial charge in [-0.3, -0.25) is 9.09 Å². The summed E-state index contributed by atoms with van der Waals surface area (Å²) in [5.74, 6) is -1.20. The molecule has 1 atom stereocenters. The van der Waals surface area contributed by atoms with Crippen molar-refractivity contribution in [2.24, 2.45) is 0 Å². The zero-order chi connectivity index (χ0) is 17.6. The molecule has 130 valence electrons. The Balaban J connectivity index is 2.43. The van der Waals surface area contributed by atoms with Crippen LogP contribution in [0.1, 0.15) is 45.9 Å². The van der Waals surface area contributed by atoms with Crippen LogP contribution in [0.25, 0.3) is 0 Å². The van der Waals surface area contributed by atoms with Crippen LogP contribution >= 0.6 is 0 Å². The number of hydrogen-bond donors (Lipinski definition) is 2. The monoisotopic (exact) mass is 329 g/mol. The number of unbranched alkanes of at least 4 members (excludes halogenated alkanes) is 1. The van der Waals surface area contributed by atoms with E-state index in [0.29, 0.717) is 25.2 Å². The fraction of sp³-hybridized carbons (Fsp3) is 0.714. The molecular formula is C14H23N3O6. The number of aromatic nitrogens is 2. The van der Waals surface area contributed by atoms with Gasteiger partial charge in [0.25, 0.3) is 0 Å². The van der Waals surface area contributed by atoms with Crippen molar-refractivity contribution in [2.45, 2.75) is 65.1 Å². The summed E-state index contributed by atoms with van der Waals surface area (Å²) < 4.78 is 10.9. The lowest BCUT2D eigenvalue weighted by Gasteiger charge is -2.22. The van der Waals surface area contributed by atoms with Crippen molar-refractivity contribution in [3.05, 3.63) is 16.4 Å². The highest BCUT2D eigenvalue weighted by atomic mass is 16.6. The Morgan fingerprint density at radius 1 is 1.39 bits per heavy atom. The highest BCUT2D eigenvalue weighted by molar-refractivity contribution is 5.79. The number of carboxylic acids is 1. The average Bonchev–Trinajstić information content (AvgIpc) is 2.71. The molecule has 0 unspecified atom stereocenters. The summed E-state index contributed by atoms with van der Waals surface area (Å²) in [6, 6.07) is -1.04. The largest absolute Gasteiger partial charge is 0.480 e. The van der Waals surface area contributed by atoms with E-state index in [-0.39, 0.29) is 6.42 Å². The van der Waals surface area contributed by atoms with E-state index < -0.39 is 29.5 Å². The van der Waals surface area contributed by atoms with Gasteiger partial charge in [0.15, 0.2) is 5.82 Å². The number of carboxylic acid groups (broad SMARTS) is 1. The topological polar surface area (TPSA) is 124 Å². The van der Waals surface area contributed by atoms with Gasteiger partial charge in [0.1, 0.15) is 11.6 Å². The molecule has 1 aromatic rings. The Bertz CT molecular complexity index is 598. The third kappa shape index (κ3) is 6.54. The van der Waals surface area contributed by atoms with Crippen molar-refractivity contribution in [1.29, 1.82) is 0 Å². The van der Waals surface area contributed by atoms with Crippen LogP contribution in [0.4, 0.5) is 4.79 Å². The number of amides is 1. The Morgan fingerprint density at radius 3 is 2.52 bits per heavy atom. The maximum atomic E-state index is 11.6. The summed E-state index contributed by atoms with van der Waals surface area (Å²) in [6.07, 6.45) is 0.523. The van der Waals surface area contributed by atoms with Crippen molar-refractivity contribution < 1.29 is 24.0 Å². The normalized spacial score (nSPS) is 12.7. The number of nitrogens with one attached hydrogen (secondary N) is 1. The molecule has 0 aliphatic rings. The molecule has 0 spiro atoms. The second kappa shape index (κ2) is 7.80. The zero-order valence-electron chi connectivity index (χ0n) is 13.8. The average molecular weight is 329 g/mol. The van der Waals surface area contributed by atoms with E-state index in [0.717, 1.165) is 0 Å². The predicted octanol–water partition coefficient (Wildman–Crippen LogP) is 1.29. The molecule has 0 saturated heterocycles. The van der Waals surface area contributed by atoms with Crippen molar-refractivity contribution in [2.75, 3.05) is 0 Å². The fourth-order valence-corrected chi connectivity index (χ4v) is 1.91. The van der Waals surface area contributed by atoms with Crippen LogP contribution in [0.15, 0.2) is 9.32 Å². The van der Waals surface area contributed by atoms with Gasteiger partial charge in [-0.15, -0.1) is 0 Å². The third-order valence-electron chi connectivity index (χ3n) is 2.98. The molecule has 23 heavy (non-hydrogen) atoms. The van der Waals surface area contributed by atoms with E-state index in [4.69, 9.17) is 9.84 Å². The molecule has 1 aromatic heterocycles. The molecule has 0 aromatic carbocycles. The van der Waals surface area contributed by atoms with Crippen LogP contribution in [-0.2, 0) is 16.1 Å². The molecule has 0 radical (unpaired) electrons. The Morgan fingerprint density at radius 2 is 2.04 bits per heavy atom. The summed E-state index contributed by atoms with van der Waals surface area (Å²) in [6.45, 7) is 7.12. The van der Waals surface area contributed by atoms with Crippen LogP contribution in [0.3, 0.4) is 0 Å². The van der Waals surface area contributed by atoms with Crippen molar-refractivity contribution in [1.82, 2.24) is 15.0 Å². The summed E-state index contributed by atoms with van der Waals surface area (Å²) in [5.41, 5.74) is -0.694. The van der Waals surface area contributed by atoms with Gasteiger partial charge < -0.3 is 15.2 Å². The smallest absolute Gasteiger partial charge is 0.441 e. The fourth-order valence-electron chi connectivity index (χ4n) is 1.91. The molecule has 0 aliphatic heterocycles. The minimum absolute atomic E-state index is 0.230.